The van der Waals surface area contributed by atoms with E-state index in [0.29, 0.717) is 13.1 Å². The standard InChI is InChI=1S/C9H12N4O4/c1-17-9-10-6(7(11-9)13(15)16)8(14)12-4-2-3-5-12/h2-5H2,1H3,(H,10,11). The lowest BCUT2D eigenvalue weighted by atomic mass is 10.4. The molecular formula is C9H12N4O4. The van der Waals surface area contributed by atoms with Gasteiger partial charge in [-0.15, -0.1) is 0 Å². The maximum atomic E-state index is 12.0. The maximum absolute atomic E-state index is 12.0. The number of nitrogens with one attached hydrogen (secondary N) is 1. The third-order valence-corrected chi connectivity index (χ3v) is 2.63. The second-order valence-electron chi connectivity index (χ2n) is 3.70. The Morgan fingerprint density at radius 2 is 2.18 bits per heavy atom. The van der Waals surface area contributed by atoms with Crippen molar-refractivity contribution in [2.75, 3.05) is 20.2 Å². The van der Waals surface area contributed by atoms with Gasteiger partial charge in [0.15, 0.2) is 0 Å². The summed E-state index contributed by atoms with van der Waals surface area (Å²) in [6, 6.07) is -0.0285. The van der Waals surface area contributed by atoms with E-state index in [1.54, 1.807) is 4.90 Å². The number of imidazole rings is 1. The van der Waals surface area contributed by atoms with Crippen LogP contribution in [-0.2, 0) is 0 Å². The predicted octanol–water partition coefficient (Wildman–Crippen LogP) is 0.562. The van der Waals surface area contributed by atoms with Crippen LogP contribution in [0.4, 0.5) is 5.82 Å². The molecule has 0 saturated carbocycles. The van der Waals surface area contributed by atoms with Crippen molar-refractivity contribution in [3.8, 4) is 6.01 Å². The number of likely N-dealkylation sites (tertiary alicyclic amines) is 1. The lowest BCUT2D eigenvalue weighted by Crippen LogP contribution is -2.28. The lowest BCUT2D eigenvalue weighted by molar-refractivity contribution is -0.389. The van der Waals surface area contributed by atoms with Crippen LogP contribution < -0.4 is 4.74 Å². The summed E-state index contributed by atoms with van der Waals surface area (Å²) in [4.78, 5) is 29.8. The van der Waals surface area contributed by atoms with Crippen LogP contribution >= 0.6 is 0 Å². The summed E-state index contributed by atoms with van der Waals surface area (Å²) in [6.07, 6.45) is 1.84. The zero-order valence-electron chi connectivity index (χ0n) is 9.30. The maximum Gasteiger partial charge on any atom is 0.389 e. The van der Waals surface area contributed by atoms with Gasteiger partial charge in [-0.2, -0.15) is 9.97 Å². The van der Waals surface area contributed by atoms with E-state index in [4.69, 9.17) is 4.74 Å². The van der Waals surface area contributed by atoms with Gasteiger partial charge in [0, 0.05) is 13.1 Å². The van der Waals surface area contributed by atoms with Crippen molar-refractivity contribution in [1.82, 2.24) is 14.9 Å². The van der Waals surface area contributed by atoms with Gasteiger partial charge in [0.05, 0.1) is 7.11 Å². The molecule has 1 N–H and O–H groups in total. The first-order chi connectivity index (χ1) is 8.13. The Hall–Kier alpha value is -2.12. The van der Waals surface area contributed by atoms with E-state index in [0.717, 1.165) is 12.8 Å². The number of hydrogen-bond acceptors (Lipinski definition) is 5. The van der Waals surface area contributed by atoms with E-state index in [2.05, 4.69) is 9.97 Å². The average molecular weight is 240 g/mol. The molecule has 0 radical (unpaired) electrons. The van der Waals surface area contributed by atoms with Gasteiger partial charge in [0.2, 0.25) is 5.69 Å². The minimum atomic E-state index is -0.668. The van der Waals surface area contributed by atoms with Gasteiger partial charge in [-0.3, -0.25) is 4.79 Å². The molecule has 1 saturated heterocycles. The molecule has 1 amide bonds. The van der Waals surface area contributed by atoms with Crippen LogP contribution in [0.15, 0.2) is 0 Å². The predicted molar refractivity (Wildman–Crippen MR) is 56.9 cm³/mol. The van der Waals surface area contributed by atoms with Gasteiger partial charge in [0.25, 0.3) is 5.91 Å². The highest BCUT2D eigenvalue weighted by molar-refractivity contribution is 5.96. The van der Waals surface area contributed by atoms with Crippen molar-refractivity contribution in [3.05, 3.63) is 15.8 Å². The summed E-state index contributed by atoms with van der Waals surface area (Å²) >= 11 is 0. The van der Waals surface area contributed by atoms with Crippen LogP contribution in [0, 0.1) is 10.1 Å². The van der Waals surface area contributed by atoms with E-state index < -0.39 is 16.6 Å². The summed E-state index contributed by atoms with van der Waals surface area (Å²) in [5.41, 5.74) is -0.186. The van der Waals surface area contributed by atoms with Crippen LogP contribution in [0.2, 0.25) is 0 Å². The molecule has 0 spiro atoms. The number of H-pyrrole nitrogens is 1. The van der Waals surface area contributed by atoms with Crippen molar-refractivity contribution < 1.29 is 14.5 Å². The molecule has 8 heteroatoms. The molecule has 1 aromatic rings. The largest absolute Gasteiger partial charge is 0.451 e. The molecule has 0 bridgehead atoms. The molecule has 2 heterocycles. The van der Waals surface area contributed by atoms with Crippen molar-refractivity contribution in [3.63, 3.8) is 0 Å². The number of methoxy groups -OCH3 is 1. The van der Waals surface area contributed by atoms with Gasteiger partial charge >= 0.3 is 11.8 Å². The molecule has 1 aromatic heterocycles. The Kier molecular flexibility index (Phi) is 2.94. The van der Waals surface area contributed by atoms with Crippen LogP contribution in [-0.4, -0.2) is 45.9 Å². The number of ether oxygens (including phenoxy) is 1. The van der Waals surface area contributed by atoms with Gasteiger partial charge in [-0.25, -0.2) is 0 Å². The van der Waals surface area contributed by atoms with Crippen LogP contribution in [0.3, 0.4) is 0 Å². The number of carbonyl (C=O) groups excluding carboxylic acids is 1. The number of nitro groups is 1. The smallest absolute Gasteiger partial charge is 0.389 e. The normalized spacial score (nSPS) is 15.0. The van der Waals surface area contributed by atoms with Crippen molar-refractivity contribution in [1.29, 1.82) is 0 Å². The van der Waals surface area contributed by atoms with Gasteiger partial charge < -0.3 is 19.8 Å². The zero-order valence-corrected chi connectivity index (χ0v) is 9.30. The average Bonchev–Trinajstić information content (AvgIpc) is 2.97. The number of amides is 1. The SMILES string of the molecule is COc1nc(C(=O)N2CCCC2)c([N+](=O)[O-])[nH]1. The van der Waals surface area contributed by atoms with Crippen molar-refractivity contribution in [2.24, 2.45) is 0 Å². The molecule has 0 atom stereocenters. The van der Waals surface area contributed by atoms with Crippen molar-refractivity contribution >= 4 is 11.7 Å². The summed E-state index contributed by atoms with van der Waals surface area (Å²) in [7, 11) is 1.33. The number of rotatable bonds is 3. The number of carbonyl (C=O) groups is 1. The zero-order chi connectivity index (χ0) is 12.4. The van der Waals surface area contributed by atoms with Crippen LogP contribution in [0.1, 0.15) is 23.3 Å². The molecule has 0 aromatic carbocycles. The Balaban J connectivity index is 2.32. The number of aromatic nitrogens is 2. The molecule has 2 rings (SSSR count). The van der Waals surface area contributed by atoms with E-state index in [1.165, 1.54) is 7.11 Å². The fourth-order valence-corrected chi connectivity index (χ4v) is 1.79. The summed E-state index contributed by atoms with van der Waals surface area (Å²) in [5.74, 6) is -0.840. The first-order valence-corrected chi connectivity index (χ1v) is 5.21. The van der Waals surface area contributed by atoms with E-state index in [-0.39, 0.29) is 11.7 Å². The highest BCUT2D eigenvalue weighted by Crippen LogP contribution is 2.22. The fraction of sp³-hybridized carbons (Fsp3) is 0.556. The van der Waals surface area contributed by atoms with Crippen molar-refractivity contribution in [2.45, 2.75) is 12.8 Å². The summed E-state index contributed by atoms with van der Waals surface area (Å²) in [5, 5.41) is 10.8. The minimum absolute atomic E-state index is 0.0285. The van der Waals surface area contributed by atoms with Gasteiger partial charge in [-0.1, -0.05) is 0 Å². The minimum Gasteiger partial charge on any atom is -0.451 e. The molecule has 1 fully saturated rings. The third kappa shape index (κ3) is 2.05. The molecule has 1 aliphatic rings. The Morgan fingerprint density at radius 1 is 1.53 bits per heavy atom. The third-order valence-electron chi connectivity index (χ3n) is 2.63. The molecule has 0 unspecified atom stereocenters. The Morgan fingerprint density at radius 3 is 2.71 bits per heavy atom. The molecule has 8 nitrogen and oxygen atoms in total. The van der Waals surface area contributed by atoms with Gasteiger partial charge in [0.1, 0.15) is 0 Å². The Bertz CT molecular complexity index is 450. The monoisotopic (exact) mass is 240 g/mol. The molecule has 1 aliphatic heterocycles. The first kappa shape index (κ1) is 11.4. The van der Waals surface area contributed by atoms with Crippen LogP contribution in [0.25, 0.3) is 0 Å². The van der Waals surface area contributed by atoms with Gasteiger partial charge in [-0.05, 0) is 17.8 Å². The lowest BCUT2D eigenvalue weighted by Gasteiger charge is -2.12. The number of aromatic amines is 1. The quantitative estimate of drug-likeness (QED) is 0.614. The second-order valence-corrected chi connectivity index (χ2v) is 3.70. The summed E-state index contributed by atoms with van der Waals surface area (Å²) < 4.78 is 4.76. The van der Waals surface area contributed by atoms with E-state index >= 15 is 0 Å². The van der Waals surface area contributed by atoms with E-state index in [9.17, 15) is 14.9 Å². The topological polar surface area (TPSA) is 101 Å². The summed E-state index contributed by atoms with van der Waals surface area (Å²) in [6.45, 7) is 1.23. The molecular weight excluding hydrogens is 228 g/mol. The molecule has 17 heavy (non-hydrogen) atoms. The first-order valence-electron chi connectivity index (χ1n) is 5.21. The number of nitrogens with zero attached hydrogens (tertiary/aromatic N) is 3. The number of hydrogen-bond donors (Lipinski definition) is 1. The van der Waals surface area contributed by atoms with E-state index in [1.807, 2.05) is 0 Å². The highest BCUT2D eigenvalue weighted by Gasteiger charge is 2.31. The molecule has 0 aliphatic carbocycles. The fourth-order valence-electron chi connectivity index (χ4n) is 1.79. The van der Waals surface area contributed by atoms with Crippen LogP contribution in [0.5, 0.6) is 6.01 Å². The Labute approximate surface area is 96.7 Å². The highest BCUT2D eigenvalue weighted by atomic mass is 16.6. The second kappa shape index (κ2) is 4.40. The molecule has 92 valence electrons.